The standard InChI is InChI=1S/C14H18BrN3/c1-2-7-18-8-6-17-14(18)13(16)10-11-4-3-5-12(15)9-11/h3-6,8-9,13H,2,7,10,16H2,1H3. The summed E-state index contributed by atoms with van der Waals surface area (Å²) in [6.07, 6.45) is 5.72. The van der Waals surface area contributed by atoms with Gasteiger partial charge in [0.15, 0.2) is 0 Å². The minimum atomic E-state index is -0.0548. The predicted octanol–water partition coefficient (Wildman–Crippen LogP) is 3.30. The smallest absolute Gasteiger partial charge is 0.125 e. The molecule has 2 aromatic rings. The Morgan fingerprint density at radius 1 is 1.44 bits per heavy atom. The minimum Gasteiger partial charge on any atom is -0.334 e. The van der Waals surface area contributed by atoms with Crippen molar-refractivity contribution in [2.75, 3.05) is 0 Å². The molecule has 4 heteroatoms. The Bertz CT molecular complexity index is 507. The first kappa shape index (κ1) is 13.3. The van der Waals surface area contributed by atoms with Gasteiger partial charge in [0.25, 0.3) is 0 Å². The number of nitrogens with zero attached hydrogens (tertiary/aromatic N) is 2. The fourth-order valence-electron chi connectivity index (χ4n) is 2.09. The number of halogens is 1. The molecule has 0 saturated heterocycles. The largest absolute Gasteiger partial charge is 0.334 e. The van der Waals surface area contributed by atoms with E-state index in [-0.39, 0.29) is 6.04 Å². The normalized spacial score (nSPS) is 12.6. The summed E-state index contributed by atoms with van der Waals surface area (Å²) in [5.74, 6) is 0.969. The monoisotopic (exact) mass is 307 g/mol. The molecule has 1 aromatic heterocycles. The van der Waals surface area contributed by atoms with Crippen LogP contribution in [-0.2, 0) is 13.0 Å². The number of hydrogen-bond acceptors (Lipinski definition) is 2. The van der Waals surface area contributed by atoms with E-state index < -0.39 is 0 Å². The highest BCUT2D eigenvalue weighted by molar-refractivity contribution is 9.10. The highest BCUT2D eigenvalue weighted by atomic mass is 79.9. The number of rotatable bonds is 5. The van der Waals surface area contributed by atoms with Crippen LogP contribution in [0.5, 0.6) is 0 Å². The van der Waals surface area contributed by atoms with Crippen LogP contribution in [0.15, 0.2) is 41.1 Å². The van der Waals surface area contributed by atoms with Crippen LogP contribution in [0.2, 0.25) is 0 Å². The number of aromatic nitrogens is 2. The molecule has 1 aromatic carbocycles. The molecule has 2 N–H and O–H groups in total. The van der Waals surface area contributed by atoms with Gasteiger partial charge in [0, 0.05) is 23.4 Å². The second kappa shape index (κ2) is 6.16. The van der Waals surface area contributed by atoms with Crippen molar-refractivity contribution in [3.8, 4) is 0 Å². The van der Waals surface area contributed by atoms with Gasteiger partial charge in [-0.05, 0) is 30.5 Å². The first-order valence-corrected chi connectivity index (χ1v) is 7.01. The van der Waals surface area contributed by atoms with Crippen LogP contribution in [0.25, 0.3) is 0 Å². The van der Waals surface area contributed by atoms with E-state index in [9.17, 15) is 0 Å². The average molecular weight is 308 g/mol. The molecular weight excluding hydrogens is 290 g/mol. The molecule has 0 aliphatic carbocycles. The fraction of sp³-hybridized carbons (Fsp3) is 0.357. The van der Waals surface area contributed by atoms with Gasteiger partial charge < -0.3 is 10.3 Å². The third-order valence-electron chi connectivity index (χ3n) is 2.89. The van der Waals surface area contributed by atoms with E-state index in [1.807, 2.05) is 24.5 Å². The Kier molecular flexibility index (Phi) is 4.55. The van der Waals surface area contributed by atoms with Crippen LogP contribution in [-0.4, -0.2) is 9.55 Å². The number of benzene rings is 1. The molecule has 3 nitrogen and oxygen atoms in total. The SMILES string of the molecule is CCCn1ccnc1C(N)Cc1cccc(Br)c1. The highest BCUT2D eigenvalue weighted by Crippen LogP contribution is 2.18. The van der Waals surface area contributed by atoms with Gasteiger partial charge in [-0.1, -0.05) is 35.0 Å². The summed E-state index contributed by atoms with van der Waals surface area (Å²) in [7, 11) is 0. The van der Waals surface area contributed by atoms with Crippen LogP contribution in [0.1, 0.15) is 30.8 Å². The number of nitrogens with two attached hydrogens (primary N) is 1. The Morgan fingerprint density at radius 3 is 3.00 bits per heavy atom. The second-order valence-electron chi connectivity index (χ2n) is 4.42. The van der Waals surface area contributed by atoms with Gasteiger partial charge in [-0.15, -0.1) is 0 Å². The zero-order chi connectivity index (χ0) is 13.0. The van der Waals surface area contributed by atoms with Gasteiger partial charge in [0.2, 0.25) is 0 Å². The minimum absolute atomic E-state index is 0.0548. The molecule has 0 fully saturated rings. The molecule has 2 rings (SSSR count). The Labute approximate surface area is 116 Å². The maximum absolute atomic E-state index is 6.25. The highest BCUT2D eigenvalue weighted by Gasteiger charge is 2.12. The molecule has 0 bridgehead atoms. The van der Waals surface area contributed by atoms with Gasteiger partial charge in [0.1, 0.15) is 5.82 Å². The number of hydrogen-bond donors (Lipinski definition) is 1. The lowest BCUT2D eigenvalue weighted by Gasteiger charge is -2.14. The molecule has 0 aliphatic rings. The molecule has 1 atom stereocenters. The maximum atomic E-state index is 6.25. The van der Waals surface area contributed by atoms with Crippen molar-refractivity contribution in [1.82, 2.24) is 9.55 Å². The van der Waals surface area contributed by atoms with E-state index in [0.717, 1.165) is 29.7 Å². The van der Waals surface area contributed by atoms with E-state index in [4.69, 9.17) is 5.73 Å². The summed E-state index contributed by atoms with van der Waals surface area (Å²) in [6.45, 7) is 3.13. The van der Waals surface area contributed by atoms with Crippen molar-refractivity contribution >= 4 is 15.9 Å². The summed E-state index contributed by atoms with van der Waals surface area (Å²) < 4.78 is 3.23. The Balaban J connectivity index is 2.11. The molecule has 1 unspecified atom stereocenters. The quantitative estimate of drug-likeness (QED) is 0.921. The Hall–Kier alpha value is -1.13. The molecule has 0 spiro atoms. The number of imidazole rings is 1. The van der Waals surface area contributed by atoms with Crippen LogP contribution in [0, 0.1) is 0 Å². The van der Waals surface area contributed by atoms with Crippen LogP contribution in [0.4, 0.5) is 0 Å². The zero-order valence-electron chi connectivity index (χ0n) is 10.5. The van der Waals surface area contributed by atoms with Gasteiger partial charge >= 0.3 is 0 Å². The summed E-state index contributed by atoms with van der Waals surface area (Å²) >= 11 is 3.48. The second-order valence-corrected chi connectivity index (χ2v) is 5.34. The first-order chi connectivity index (χ1) is 8.70. The molecule has 0 saturated carbocycles. The lowest BCUT2D eigenvalue weighted by Crippen LogP contribution is -2.19. The fourth-order valence-corrected chi connectivity index (χ4v) is 2.54. The zero-order valence-corrected chi connectivity index (χ0v) is 12.1. The first-order valence-electron chi connectivity index (χ1n) is 6.21. The summed E-state index contributed by atoms with van der Waals surface area (Å²) in [5, 5.41) is 0. The maximum Gasteiger partial charge on any atom is 0.125 e. The molecule has 1 heterocycles. The molecular formula is C14H18BrN3. The van der Waals surface area contributed by atoms with Crippen LogP contribution < -0.4 is 5.73 Å². The third-order valence-corrected chi connectivity index (χ3v) is 3.38. The molecule has 0 aliphatic heterocycles. The third kappa shape index (κ3) is 3.21. The van der Waals surface area contributed by atoms with Gasteiger partial charge in [-0.25, -0.2) is 4.98 Å². The van der Waals surface area contributed by atoms with E-state index in [1.54, 1.807) is 0 Å². The van der Waals surface area contributed by atoms with E-state index in [0.29, 0.717) is 0 Å². The number of aryl methyl sites for hydroxylation is 1. The van der Waals surface area contributed by atoms with Gasteiger partial charge in [-0.2, -0.15) is 0 Å². The van der Waals surface area contributed by atoms with Crippen molar-refractivity contribution in [3.63, 3.8) is 0 Å². The van der Waals surface area contributed by atoms with Gasteiger partial charge in [0.05, 0.1) is 6.04 Å². The predicted molar refractivity (Wildman–Crippen MR) is 77.3 cm³/mol. The van der Waals surface area contributed by atoms with Crippen molar-refractivity contribution in [2.24, 2.45) is 5.73 Å². The molecule has 0 radical (unpaired) electrons. The van der Waals surface area contributed by atoms with Crippen molar-refractivity contribution in [2.45, 2.75) is 32.4 Å². The Morgan fingerprint density at radius 2 is 2.28 bits per heavy atom. The van der Waals surface area contributed by atoms with Crippen molar-refractivity contribution in [1.29, 1.82) is 0 Å². The van der Waals surface area contributed by atoms with Crippen molar-refractivity contribution < 1.29 is 0 Å². The summed E-state index contributed by atoms with van der Waals surface area (Å²) in [6, 6.07) is 8.20. The average Bonchev–Trinajstić information content (AvgIpc) is 2.78. The lowest BCUT2D eigenvalue weighted by molar-refractivity contribution is 0.574. The van der Waals surface area contributed by atoms with Crippen LogP contribution >= 0.6 is 15.9 Å². The molecule has 18 heavy (non-hydrogen) atoms. The van der Waals surface area contributed by atoms with Gasteiger partial charge in [-0.3, -0.25) is 0 Å². The summed E-state index contributed by atoms with van der Waals surface area (Å²) in [5.41, 5.74) is 7.48. The van der Waals surface area contributed by atoms with E-state index >= 15 is 0 Å². The van der Waals surface area contributed by atoms with E-state index in [2.05, 4.69) is 44.5 Å². The lowest BCUT2D eigenvalue weighted by atomic mass is 10.1. The summed E-state index contributed by atoms with van der Waals surface area (Å²) in [4.78, 5) is 4.38. The topological polar surface area (TPSA) is 43.8 Å². The molecule has 0 amide bonds. The van der Waals surface area contributed by atoms with Crippen molar-refractivity contribution in [3.05, 3.63) is 52.5 Å². The molecule has 96 valence electrons. The van der Waals surface area contributed by atoms with Crippen LogP contribution in [0.3, 0.4) is 0 Å². The van der Waals surface area contributed by atoms with E-state index in [1.165, 1.54) is 5.56 Å².